The first-order valence-electron chi connectivity index (χ1n) is 6.70. The summed E-state index contributed by atoms with van der Waals surface area (Å²) < 4.78 is 0. The summed E-state index contributed by atoms with van der Waals surface area (Å²) in [5.41, 5.74) is 3.38. The van der Waals surface area contributed by atoms with E-state index >= 15 is 0 Å². The lowest BCUT2D eigenvalue weighted by Gasteiger charge is -2.05. The van der Waals surface area contributed by atoms with Crippen molar-refractivity contribution >= 4 is 11.7 Å². The number of aliphatic hydroxyl groups excluding tert-OH is 1. The number of aromatic nitrogens is 3. The number of aliphatic hydroxyl groups is 1. The minimum absolute atomic E-state index is 0.0768. The second-order valence-corrected chi connectivity index (χ2v) is 5.43. The van der Waals surface area contributed by atoms with E-state index in [9.17, 15) is 4.79 Å². The van der Waals surface area contributed by atoms with Crippen LogP contribution in [0.4, 0.5) is 5.82 Å². The van der Waals surface area contributed by atoms with Crippen molar-refractivity contribution in [3.8, 4) is 0 Å². The van der Waals surface area contributed by atoms with Crippen molar-refractivity contribution < 1.29 is 9.90 Å². The lowest BCUT2D eigenvalue weighted by molar-refractivity contribution is 0.102. The number of anilines is 1. The van der Waals surface area contributed by atoms with Gasteiger partial charge in [-0.05, 0) is 36.5 Å². The molecule has 2 aliphatic rings. The van der Waals surface area contributed by atoms with Gasteiger partial charge in [0.2, 0.25) is 0 Å². The predicted octanol–water partition coefficient (Wildman–Crippen LogP) is 1.21. The summed E-state index contributed by atoms with van der Waals surface area (Å²) in [6, 6.07) is 3.36. The molecule has 2 atom stereocenters. The summed E-state index contributed by atoms with van der Waals surface area (Å²) in [6.07, 6.45) is 3.73. The van der Waals surface area contributed by atoms with Gasteiger partial charge in [0, 0.05) is 23.4 Å². The number of aromatic amines is 1. The third-order valence-electron chi connectivity index (χ3n) is 4.12. The number of pyridine rings is 1. The summed E-state index contributed by atoms with van der Waals surface area (Å²) >= 11 is 0. The molecule has 1 saturated carbocycles. The van der Waals surface area contributed by atoms with Crippen molar-refractivity contribution in [1.29, 1.82) is 0 Å². The highest BCUT2D eigenvalue weighted by Gasteiger charge is 2.48. The Morgan fingerprint density at radius 1 is 1.55 bits per heavy atom. The predicted molar refractivity (Wildman–Crippen MR) is 71.3 cm³/mol. The molecule has 0 aliphatic heterocycles. The summed E-state index contributed by atoms with van der Waals surface area (Å²) in [6.45, 7) is -0.0768. The molecule has 2 aliphatic carbocycles. The van der Waals surface area contributed by atoms with Gasteiger partial charge in [0.1, 0.15) is 5.82 Å². The fraction of sp³-hybridized carbons (Fsp3) is 0.357. The van der Waals surface area contributed by atoms with Crippen molar-refractivity contribution in [3.05, 3.63) is 40.8 Å². The molecule has 2 unspecified atom stereocenters. The summed E-state index contributed by atoms with van der Waals surface area (Å²) in [7, 11) is 0. The van der Waals surface area contributed by atoms with Crippen LogP contribution in [-0.2, 0) is 13.0 Å². The Kier molecular flexibility index (Phi) is 2.40. The molecule has 0 aromatic carbocycles. The molecule has 1 amide bonds. The van der Waals surface area contributed by atoms with E-state index in [1.54, 1.807) is 18.3 Å². The number of amides is 1. The number of nitrogens with one attached hydrogen (secondary N) is 2. The van der Waals surface area contributed by atoms with Gasteiger partial charge in [-0.2, -0.15) is 5.10 Å². The maximum Gasteiger partial charge on any atom is 0.277 e. The molecule has 1 fully saturated rings. The molecular formula is C14H14N4O2. The van der Waals surface area contributed by atoms with E-state index in [1.807, 2.05) is 0 Å². The van der Waals surface area contributed by atoms with E-state index in [2.05, 4.69) is 20.5 Å². The largest absolute Gasteiger partial charge is 0.392 e. The van der Waals surface area contributed by atoms with Gasteiger partial charge in [0.25, 0.3) is 5.91 Å². The highest BCUT2D eigenvalue weighted by Crippen LogP contribution is 2.56. The zero-order valence-corrected chi connectivity index (χ0v) is 10.8. The smallest absolute Gasteiger partial charge is 0.277 e. The van der Waals surface area contributed by atoms with E-state index in [1.165, 1.54) is 6.42 Å². The van der Waals surface area contributed by atoms with Crippen LogP contribution >= 0.6 is 0 Å². The van der Waals surface area contributed by atoms with Crippen molar-refractivity contribution in [1.82, 2.24) is 15.2 Å². The maximum absolute atomic E-state index is 12.3. The van der Waals surface area contributed by atoms with Crippen LogP contribution in [0.25, 0.3) is 0 Å². The highest BCUT2D eigenvalue weighted by molar-refractivity contribution is 6.03. The summed E-state index contributed by atoms with van der Waals surface area (Å²) in [4.78, 5) is 16.3. The minimum atomic E-state index is -0.244. The highest BCUT2D eigenvalue weighted by atomic mass is 16.3. The van der Waals surface area contributed by atoms with Crippen LogP contribution in [0.5, 0.6) is 0 Å². The van der Waals surface area contributed by atoms with E-state index in [0.717, 1.165) is 17.7 Å². The Labute approximate surface area is 115 Å². The number of fused-ring (bicyclic) bond motifs is 3. The molecule has 20 heavy (non-hydrogen) atoms. The third kappa shape index (κ3) is 1.72. The molecule has 2 aromatic rings. The zero-order valence-electron chi connectivity index (χ0n) is 10.8. The van der Waals surface area contributed by atoms with Crippen molar-refractivity contribution in [3.63, 3.8) is 0 Å². The van der Waals surface area contributed by atoms with Gasteiger partial charge in [-0.15, -0.1) is 0 Å². The summed E-state index contributed by atoms with van der Waals surface area (Å²) in [5, 5.41) is 19.0. The summed E-state index contributed by atoms with van der Waals surface area (Å²) in [5.74, 6) is 1.49. The second-order valence-electron chi connectivity index (χ2n) is 5.43. The lowest BCUT2D eigenvalue weighted by atomic mass is 10.1. The van der Waals surface area contributed by atoms with Crippen molar-refractivity contribution in [2.45, 2.75) is 25.4 Å². The molecule has 0 bridgehead atoms. The van der Waals surface area contributed by atoms with Crippen molar-refractivity contribution in [2.75, 3.05) is 5.32 Å². The lowest BCUT2D eigenvalue weighted by Crippen LogP contribution is -2.15. The Morgan fingerprint density at radius 3 is 3.30 bits per heavy atom. The van der Waals surface area contributed by atoms with E-state index in [0.29, 0.717) is 28.9 Å². The van der Waals surface area contributed by atoms with E-state index < -0.39 is 0 Å². The maximum atomic E-state index is 12.3. The number of carbonyl (C=O) groups is 1. The third-order valence-corrected chi connectivity index (χ3v) is 4.12. The number of hydrogen-bond donors (Lipinski definition) is 3. The molecular weight excluding hydrogens is 256 g/mol. The average Bonchev–Trinajstić information content (AvgIpc) is 2.94. The zero-order chi connectivity index (χ0) is 13.7. The first kappa shape index (κ1) is 11.6. The number of nitrogens with zero attached hydrogens (tertiary/aromatic N) is 2. The Morgan fingerprint density at radius 2 is 2.45 bits per heavy atom. The van der Waals surface area contributed by atoms with Gasteiger partial charge in [-0.3, -0.25) is 9.89 Å². The Balaban J connectivity index is 1.57. The first-order chi connectivity index (χ1) is 9.76. The SMILES string of the molecule is O=C(Nc1cc(CO)ccn1)c1n[nH]c2c1CC1CC21. The fourth-order valence-corrected chi connectivity index (χ4v) is 2.99. The van der Waals surface area contributed by atoms with Crippen LogP contribution in [0.15, 0.2) is 18.3 Å². The fourth-order valence-electron chi connectivity index (χ4n) is 2.99. The van der Waals surface area contributed by atoms with Crippen LogP contribution in [0.1, 0.15) is 39.6 Å². The quantitative estimate of drug-likeness (QED) is 0.781. The van der Waals surface area contributed by atoms with Crippen molar-refractivity contribution in [2.24, 2.45) is 5.92 Å². The van der Waals surface area contributed by atoms with Gasteiger partial charge in [0.15, 0.2) is 5.69 Å². The molecule has 0 spiro atoms. The monoisotopic (exact) mass is 270 g/mol. The molecule has 3 N–H and O–H groups in total. The molecule has 2 aromatic heterocycles. The van der Waals surface area contributed by atoms with Crippen LogP contribution in [0.3, 0.4) is 0 Å². The molecule has 6 heteroatoms. The van der Waals surface area contributed by atoms with Crippen LogP contribution in [0, 0.1) is 5.92 Å². The first-order valence-corrected chi connectivity index (χ1v) is 6.70. The van der Waals surface area contributed by atoms with Crippen LogP contribution < -0.4 is 5.32 Å². The second kappa shape index (κ2) is 4.14. The standard InChI is InChI=1S/C14H14N4O2/c19-6-7-1-2-15-11(3-7)16-14(20)13-10-5-8-4-9(8)12(10)17-18-13/h1-3,8-9,19H,4-6H2,(H,17,18)(H,15,16,20). The Hall–Kier alpha value is -2.21. The van der Waals surface area contributed by atoms with Crippen LogP contribution in [-0.4, -0.2) is 26.2 Å². The average molecular weight is 270 g/mol. The number of H-pyrrole nitrogens is 1. The van der Waals surface area contributed by atoms with Crippen LogP contribution in [0.2, 0.25) is 0 Å². The molecule has 0 radical (unpaired) electrons. The molecule has 0 saturated heterocycles. The van der Waals surface area contributed by atoms with E-state index in [-0.39, 0.29) is 12.5 Å². The molecule has 102 valence electrons. The number of carbonyl (C=O) groups excluding carboxylic acids is 1. The van der Waals surface area contributed by atoms with Gasteiger partial charge in [0.05, 0.1) is 6.61 Å². The molecule has 6 nitrogen and oxygen atoms in total. The topological polar surface area (TPSA) is 90.9 Å². The minimum Gasteiger partial charge on any atom is -0.392 e. The normalized spacial score (nSPS) is 22.2. The van der Waals surface area contributed by atoms with E-state index in [4.69, 9.17) is 5.11 Å². The van der Waals surface area contributed by atoms with Gasteiger partial charge < -0.3 is 10.4 Å². The number of rotatable bonds is 3. The molecule has 4 rings (SSSR count). The van der Waals surface area contributed by atoms with Gasteiger partial charge >= 0.3 is 0 Å². The van der Waals surface area contributed by atoms with Gasteiger partial charge in [-0.25, -0.2) is 4.98 Å². The number of hydrogen-bond acceptors (Lipinski definition) is 4. The molecule has 2 heterocycles. The van der Waals surface area contributed by atoms with Gasteiger partial charge in [-0.1, -0.05) is 0 Å². The Bertz CT molecular complexity index is 694.